The topological polar surface area (TPSA) is 34.1 Å². The highest BCUT2D eigenvalue weighted by atomic mass is 79.9. The maximum Gasteiger partial charge on any atom is 0.221 e. The van der Waals surface area contributed by atoms with E-state index in [0.29, 0.717) is 5.88 Å². The number of hydrogen-bond donors (Lipinski definition) is 1. The minimum atomic E-state index is -0.0317. The molecule has 106 valence electrons. The van der Waals surface area contributed by atoms with Gasteiger partial charge in [0.15, 0.2) is 0 Å². The summed E-state index contributed by atoms with van der Waals surface area (Å²) in [4.78, 5) is 4.46. The molecule has 0 aliphatic heterocycles. The molecule has 0 atom stereocenters. The van der Waals surface area contributed by atoms with Crippen molar-refractivity contribution < 1.29 is 4.74 Å². The Morgan fingerprint density at radius 1 is 1.15 bits per heavy atom. The van der Waals surface area contributed by atoms with Crippen LogP contribution in [0.15, 0.2) is 40.9 Å². The molecule has 0 amide bonds. The van der Waals surface area contributed by atoms with E-state index in [0.717, 1.165) is 16.0 Å². The van der Waals surface area contributed by atoms with Crippen molar-refractivity contribution in [1.82, 2.24) is 4.98 Å². The molecule has 0 spiro atoms. The lowest BCUT2D eigenvalue weighted by molar-refractivity contribution is 0.460. The van der Waals surface area contributed by atoms with E-state index in [1.807, 2.05) is 43.3 Å². The van der Waals surface area contributed by atoms with Gasteiger partial charge in [0.1, 0.15) is 11.6 Å². The second-order valence-corrected chi connectivity index (χ2v) is 6.63. The molecule has 0 bridgehead atoms. The Labute approximate surface area is 128 Å². The minimum Gasteiger partial charge on any atom is -0.438 e. The van der Waals surface area contributed by atoms with E-state index >= 15 is 0 Å². The quantitative estimate of drug-likeness (QED) is 0.842. The van der Waals surface area contributed by atoms with Gasteiger partial charge in [-0.25, -0.2) is 0 Å². The normalized spacial score (nSPS) is 11.2. The molecule has 0 fully saturated rings. The van der Waals surface area contributed by atoms with Crippen LogP contribution in [-0.4, -0.2) is 10.5 Å². The van der Waals surface area contributed by atoms with Gasteiger partial charge in [-0.15, -0.1) is 0 Å². The largest absolute Gasteiger partial charge is 0.438 e. The van der Waals surface area contributed by atoms with E-state index in [-0.39, 0.29) is 5.54 Å². The summed E-state index contributed by atoms with van der Waals surface area (Å²) in [6.45, 7) is 8.33. The number of benzene rings is 1. The Kier molecular flexibility index (Phi) is 4.33. The standard InChI is InChI=1S/C16H19BrN2O/c1-11-8-9-13(12(17)10-11)20-15-7-5-6-14(18-15)19-16(2,3)4/h5-10H,1-4H3,(H,18,19). The first kappa shape index (κ1) is 14.9. The summed E-state index contributed by atoms with van der Waals surface area (Å²) < 4.78 is 6.75. The molecule has 20 heavy (non-hydrogen) atoms. The van der Waals surface area contributed by atoms with E-state index < -0.39 is 0 Å². The second kappa shape index (κ2) is 5.83. The number of halogens is 1. The second-order valence-electron chi connectivity index (χ2n) is 5.77. The van der Waals surface area contributed by atoms with Crippen molar-refractivity contribution >= 4 is 21.7 Å². The number of nitrogens with one attached hydrogen (secondary N) is 1. The molecule has 1 N–H and O–H groups in total. The summed E-state index contributed by atoms with van der Waals surface area (Å²) in [5.74, 6) is 2.14. The smallest absolute Gasteiger partial charge is 0.221 e. The molecule has 2 aromatic rings. The van der Waals surface area contributed by atoms with Crippen molar-refractivity contribution in [3.63, 3.8) is 0 Å². The maximum atomic E-state index is 5.82. The molecule has 3 nitrogen and oxygen atoms in total. The fraction of sp³-hybridized carbons (Fsp3) is 0.312. The van der Waals surface area contributed by atoms with Crippen molar-refractivity contribution in [2.45, 2.75) is 33.2 Å². The van der Waals surface area contributed by atoms with Gasteiger partial charge in [0, 0.05) is 11.6 Å². The minimum absolute atomic E-state index is 0.0317. The summed E-state index contributed by atoms with van der Waals surface area (Å²) in [6.07, 6.45) is 0. The van der Waals surface area contributed by atoms with Gasteiger partial charge >= 0.3 is 0 Å². The molecular weight excluding hydrogens is 316 g/mol. The van der Waals surface area contributed by atoms with E-state index in [1.54, 1.807) is 0 Å². The van der Waals surface area contributed by atoms with Gasteiger partial charge in [0.05, 0.1) is 4.47 Å². The van der Waals surface area contributed by atoms with Crippen LogP contribution in [0.5, 0.6) is 11.6 Å². The predicted octanol–water partition coefficient (Wildman–Crippen LogP) is 5.16. The average Bonchev–Trinajstić information content (AvgIpc) is 2.31. The van der Waals surface area contributed by atoms with E-state index in [9.17, 15) is 0 Å². The predicted molar refractivity (Wildman–Crippen MR) is 86.6 cm³/mol. The fourth-order valence-electron chi connectivity index (χ4n) is 1.73. The Balaban J connectivity index is 2.19. The molecule has 0 radical (unpaired) electrons. The maximum absolute atomic E-state index is 5.82. The first-order chi connectivity index (χ1) is 9.33. The third-order valence-electron chi connectivity index (χ3n) is 2.53. The zero-order chi connectivity index (χ0) is 14.8. The van der Waals surface area contributed by atoms with Crippen molar-refractivity contribution in [2.24, 2.45) is 0 Å². The molecule has 4 heteroatoms. The summed E-state index contributed by atoms with van der Waals surface area (Å²) in [5.41, 5.74) is 1.15. The SMILES string of the molecule is Cc1ccc(Oc2cccc(NC(C)(C)C)n2)c(Br)c1. The number of pyridine rings is 1. The molecule has 0 unspecified atom stereocenters. The highest BCUT2D eigenvalue weighted by Gasteiger charge is 2.11. The number of anilines is 1. The lowest BCUT2D eigenvalue weighted by Gasteiger charge is -2.21. The molecule has 2 rings (SSSR count). The summed E-state index contributed by atoms with van der Waals surface area (Å²) in [5, 5.41) is 3.33. The molecule has 1 aromatic heterocycles. The van der Waals surface area contributed by atoms with Crippen LogP contribution in [0.4, 0.5) is 5.82 Å². The Morgan fingerprint density at radius 3 is 2.55 bits per heavy atom. The van der Waals surface area contributed by atoms with Crippen LogP contribution < -0.4 is 10.1 Å². The van der Waals surface area contributed by atoms with Crippen molar-refractivity contribution in [3.8, 4) is 11.6 Å². The van der Waals surface area contributed by atoms with E-state index in [2.05, 4.69) is 47.0 Å². The molecule has 0 saturated heterocycles. The number of rotatable bonds is 3. The van der Waals surface area contributed by atoms with Gasteiger partial charge in [0.2, 0.25) is 5.88 Å². The van der Waals surface area contributed by atoms with Gasteiger partial charge in [-0.2, -0.15) is 4.98 Å². The summed E-state index contributed by atoms with van der Waals surface area (Å²) in [7, 11) is 0. The summed E-state index contributed by atoms with van der Waals surface area (Å²) >= 11 is 3.50. The number of aryl methyl sites for hydroxylation is 1. The number of hydrogen-bond acceptors (Lipinski definition) is 3. The number of aromatic nitrogens is 1. The third-order valence-corrected chi connectivity index (χ3v) is 3.15. The van der Waals surface area contributed by atoms with Gasteiger partial charge in [-0.05, 0) is 67.4 Å². The highest BCUT2D eigenvalue weighted by molar-refractivity contribution is 9.10. The first-order valence-corrected chi connectivity index (χ1v) is 7.32. The van der Waals surface area contributed by atoms with Gasteiger partial charge in [0.25, 0.3) is 0 Å². The van der Waals surface area contributed by atoms with E-state index in [1.165, 1.54) is 5.56 Å². The lowest BCUT2D eigenvalue weighted by Crippen LogP contribution is -2.26. The molecule has 1 heterocycles. The third kappa shape index (κ3) is 4.23. The van der Waals surface area contributed by atoms with Crippen LogP contribution in [0.1, 0.15) is 26.3 Å². The van der Waals surface area contributed by atoms with Crippen molar-refractivity contribution in [3.05, 3.63) is 46.4 Å². The van der Waals surface area contributed by atoms with Crippen LogP contribution in [0.2, 0.25) is 0 Å². The lowest BCUT2D eigenvalue weighted by atomic mass is 10.1. The van der Waals surface area contributed by atoms with Gasteiger partial charge in [-0.3, -0.25) is 0 Å². The van der Waals surface area contributed by atoms with Crippen molar-refractivity contribution in [1.29, 1.82) is 0 Å². The molecule has 0 saturated carbocycles. The van der Waals surface area contributed by atoms with Crippen LogP contribution in [-0.2, 0) is 0 Å². The van der Waals surface area contributed by atoms with Crippen LogP contribution in [0.3, 0.4) is 0 Å². The fourth-order valence-corrected chi connectivity index (χ4v) is 2.30. The van der Waals surface area contributed by atoms with E-state index in [4.69, 9.17) is 4.74 Å². The molecule has 0 aliphatic rings. The van der Waals surface area contributed by atoms with Crippen LogP contribution in [0.25, 0.3) is 0 Å². The van der Waals surface area contributed by atoms with Crippen LogP contribution >= 0.6 is 15.9 Å². The molecular formula is C16H19BrN2O. The summed E-state index contributed by atoms with van der Waals surface area (Å²) in [6, 6.07) is 11.7. The van der Waals surface area contributed by atoms with Crippen molar-refractivity contribution in [2.75, 3.05) is 5.32 Å². The average molecular weight is 335 g/mol. The van der Waals surface area contributed by atoms with Gasteiger partial charge < -0.3 is 10.1 Å². The zero-order valence-electron chi connectivity index (χ0n) is 12.2. The number of ether oxygens (including phenoxy) is 1. The highest BCUT2D eigenvalue weighted by Crippen LogP contribution is 2.30. The van der Waals surface area contributed by atoms with Crippen LogP contribution in [0, 0.1) is 6.92 Å². The molecule has 1 aromatic carbocycles. The molecule has 0 aliphatic carbocycles. The zero-order valence-corrected chi connectivity index (χ0v) is 13.8. The Bertz CT molecular complexity index is 606. The first-order valence-electron chi connectivity index (χ1n) is 6.53. The Hall–Kier alpha value is -1.55. The Morgan fingerprint density at radius 2 is 1.90 bits per heavy atom. The van der Waals surface area contributed by atoms with Gasteiger partial charge in [-0.1, -0.05) is 12.1 Å². The monoisotopic (exact) mass is 334 g/mol. The number of nitrogens with zero attached hydrogens (tertiary/aromatic N) is 1.